The van der Waals surface area contributed by atoms with E-state index < -0.39 is 11.7 Å². The lowest BCUT2D eigenvalue weighted by Gasteiger charge is -2.07. The number of carbonyl (C=O) groups excluding carboxylic acids is 1. The molecule has 1 aromatic carbocycles. The van der Waals surface area contributed by atoms with Gasteiger partial charge in [-0.3, -0.25) is 9.78 Å². The first-order chi connectivity index (χ1) is 8.58. The lowest BCUT2D eigenvalue weighted by atomic mass is 10.2. The van der Waals surface area contributed by atoms with Crippen LogP contribution in [0.4, 0.5) is 10.1 Å². The topological polar surface area (TPSA) is 42.0 Å². The molecule has 0 unspecified atom stereocenters. The third-order valence-corrected chi connectivity index (χ3v) is 2.67. The molecule has 0 aliphatic carbocycles. The average Bonchev–Trinajstić information content (AvgIpc) is 2.32. The number of nitrogens with zero attached hydrogens (tertiary/aromatic N) is 1. The van der Waals surface area contributed by atoms with Gasteiger partial charge >= 0.3 is 0 Å². The highest BCUT2D eigenvalue weighted by atomic mass is 35.5. The summed E-state index contributed by atoms with van der Waals surface area (Å²) >= 11 is 5.80. The number of carbonyl (C=O) groups is 1. The molecule has 18 heavy (non-hydrogen) atoms. The number of pyridine rings is 1. The molecule has 0 saturated carbocycles. The van der Waals surface area contributed by atoms with Crippen molar-refractivity contribution in [1.82, 2.24) is 4.98 Å². The van der Waals surface area contributed by atoms with Crippen LogP contribution in [0.1, 0.15) is 16.1 Å². The number of hydrogen-bond acceptors (Lipinski definition) is 2. The highest BCUT2D eigenvalue weighted by Gasteiger charge is 2.15. The van der Waals surface area contributed by atoms with Crippen LogP contribution in [0.3, 0.4) is 0 Å². The van der Waals surface area contributed by atoms with Crippen molar-refractivity contribution in [1.29, 1.82) is 0 Å². The quantitative estimate of drug-likeness (QED) is 0.903. The molecule has 92 valence electrons. The Morgan fingerprint density at radius 1 is 1.33 bits per heavy atom. The molecule has 1 amide bonds. The normalized spacial score (nSPS) is 10.2. The van der Waals surface area contributed by atoms with E-state index in [2.05, 4.69) is 10.3 Å². The van der Waals surface area contributed by atoms with Crippen LogP contribution < -0.4 is 5.32 Å². The lowest BCUT2D eigenvalue weighted by Crippen LogP contribution is -2.14. The largest absolute Gasteiger partial charge is 0.320 e. The van der Waals surface area contributed by atoms with Crippen molar-refractivity contribution >= 4 is 23.2 Å². The van der Waals surface area contributed by atoms with Crippen molar-refractivity contribution in [2.45, 2.75) is 6.92 Å². The maximum Gasteiger partial charge on any atom is 0.260 e. The van der Waals surface area contributed by atoms with Crippen LogP contribution >= 0.6 is 11.6 Å². The predicted octanol–water partition coefficient (Wildman–Crippen LogP) is 3.43. The van der Waals surface area contributed by atoms with Gasteiger partial charge in [-0.25, -0.2) is 4.39 Å². The highest BCUT2D eigenvalue weighted by Crippen LogP contribution is 2.20. The van der Waals surface area contributed by atoms with Gasteiger partial charge in [-0.05, 0) is 31.2 Å². The average molecular weight is 265 g/mol. The number of anilines is 1. The molecule has 2 rings (SSSR count). The second kappa shape index (κ2) is 5.14. The van der Waals surface area contributed by atoms with E-state index in [0.717, 1.165) is 5.69 Å². The summed E-state index contributed by atoms with van der Waals surface area (Å²) in [7, 11) is 0. The van der Waals surface area contributed by atoms with E-state index in [0.29, 0.717) is 5.69 Å². The van der Waals surface area contributed by atoms with Crippen molar-refractivity contribution in [2.75, 3.05) is 5.32 Å². The highest BCUT2D eigenvalue weighted by molar-refractivity contribution is 6.34. The van der Waals surface area contributed by atoms with Gasteiger partial charge in [0.2, 0.25) is 0 Å². The fourth-order valence-corrected chi connectivity index (χ4v) is 1.70. The van der Waals surface area contributed by atoms with Gasteiger partial charge in [0.15, 0.2) is 0 Å². The number of rotatable bonds is 2. The zero-order chi connectivity index (χ0) is 13.1. The Balaban J connectivity index is 2.25. The zero-order valence-corrected chi connectivity index (χ0v) is 10.3. The maximum absolute atomic E-state index is 13.5. The molecule has 5 heteroatoms. The summed E-state index contributed by atoms with van der Waals surface area (Å²) < 4.78 is 13.5. The molecule has 0 bridgehead atoms. The monoisotopic (exact) mass is 264 g/mol. The number of aryl methyl sites for hydroxylation is 1. The Hall–Kier alpha value is -1.94. The minimum atomic E-state index is -0.653. The van der Waals surface area contributed by atoms with Crippen molar-refractivity contribution in [3.05, 3.63) is 58.6 Å². The lowest BCUT2D eigenvalue weighted by molar-refractivity contribution is 0.102. The summed E-state index contributed by atoms with van der Waals surface area (Å²) in [6.45, 7) is 1.83. The summed E-state index contributed by atoms with van der Waals surface area (Å²) in [4.78, 5) is 15.9. The summed E-state index contributed by atoms with van der Waals surface area (Å²) in [6.07, 6.45) is 1.50. The molecular formula is C13H10ClFN2O. The Kier molecular flexibility index (Phi) is 3.58. The number of nitrogens with one attached hydrogen (secondary N) is 1. The van der Waals surface area contributed by atoms with E-state index in [4.69, 9.17) is 11.6 Å². The van der Waals surface area contributed by atoms with E-state index in [1.54, 1.807) is 12.1 Å². The van der Waals surface area contributed by atoms with Gasteiger partial charge in [0.25, 0.3) is 5.91 Å². The van der Waals surface area contributed by atoms with Crippen LogP contribution in [0.15, 0.2) is 36.5 Å². The second-order valence-corrected chi connectivity index (χ2v) is 4.15. The number of aromatic nitrogens is 1. The summed E-state index contributed by atoms with van der Waals surface area (Å²) in [6, 6.07) is 7.54. The molecular weight excluding hydrogens is 255 g/mol. The first-order valence-corrected chi connectivity index (χ1v) is 5.64. The van der Waals surface area contributed by atoms with Gasteiger partial charge in [-0.15, -0.1) is 0 Å². The molecule has 0 saturated heterocycles. The number of halogens is 2. The predicted molar refractivity (Wildman–Crippen MR) is 68.3 cm³/mol. The Bertz CT molecular complexity index is 564. The first kappa shape index (κ1) is 12.5. The standard InChI is InChI=1S/C13H10ClFN2O/c1-8-5-6-9(7-16-8)17-13(18)12-10(14)3-2-4-11(12)15/h2-7H,1H3,(H,17,18). The minimum Gasteiger partial charge on any atom is -0.320 e. The number of hydrogen-bond donors (Lipinski definition) is 1. The smallest absolute Gasteiger partial charge is 0.260 e. The van der Waals surface area contributed by atoms with Crippen molar-refractivity contribution in [2.24, 2.45) is 0 Å². The van der Waals surface area contributed by atoms with Crippen LogP contribution in [-0.4, -0.2) is 10.9 Å². The van der Waals surface area contributed by atoms with Crippen molar-refractivity contribution in [3.8, 4) is 0 Å². The summed E-state index contributed by atoms with van der Waals surface area (Å²) in [5.41, 5.74) is 1.15. The van der Waals surface area contributed by atoms with E-state index in [1.807, 2.05) is 6.92 Å². The maximum atomic E-state index is 13.5. The SMILES string of the molecule is Cc1ccc(NC(=O)c2c(F)cccc2Cl)cn1. The molecule has 1 heterocycles. The molecule has 1 N–H and O–H groups in total. The molecule has 0 spiro atoms. The molecule has 0 aliphatic heterocycles. The molecule has 0 atom stereocenters. The van der Waals surface area contributed by atoms with E-state index in [1.165, 1.54) is 24.4 Å². The van der Waals surface area contributed by atoms with Gasteiger partial charge in [-0.1, -0.05) is 17.7 Å². The Labute approximate surface area is 109 Å². The third kappa shape index (κ3) is 2.65. The van der Waals surface area contributed by atoms with E-state index in [9.17, 15) is 9.18 Å². The van der Waals surface area contributed by atoms with Gasteiger partial charge in [-0.2, -0.15) is 0 Å². The van der Waals surface area contributed by atoms with Crippen LogP contribution in [0.2, 0.25) is 5.02 Å². The van der Waals surface area contributed by atoms with Crippen LogP contribution in [0, 0.1) is 12.7 Å². The van der Waals surface area contributed by atoms with Crippen LogP contribution in [0.25, 0.3) is 0 Å². The fourth-order valence-electron chi connectivity index (χ4n) is 1.45. The second-order valence-electron chi connectivity index (χ2n) is 3.74. The Morgan fingerprint density at radius 3 is 2.72 bits per heavy atom. The van der Waals surface area contributed by atoms with Gasteiger partial charge in [0.05, 0.1) is 22.5 Å². The minimum absolute atomic E-state index is 0.0765. The number of benzene rings is 1. The molecule has 3 nitrogen and oxygen atoms in total. The summed E-state index contributed by atoms with van der Waals surface area (Å²) in [5, 5.41) is 2.62. The van der Waals surface area contributed by atoms with E-state index in [-0.39, 0.29) is 10.6 Å². The molecule has 0 aliphatic rings. The van der Waals surface area contributed by atoms with Crippen molar-refractivity contribution < 1.29 is 9.18 Å². The van der Waals surface area contributed by atoms with Crippen LogP contribution in [0.5, 0.6) is 0 Å². The molecule has 0 radical (unpaired) electrons. The number of amides is 1. The van der Waals surface area contributed by atoms with Gasteiger partial charge < -0.3 is 5.32 Å². The zero-order valence-electron chi connectivity index (χ0n) is 9.58. The summed E-state index contributed by atoms with van der Waals surface area (Å²) in [5.74, 6) is -1.25. The van der Waals surface area contributed by atoms with Crippen molar-refractivity contribution in [3.63, 3.8) is 0 Å². The molecule has 2 aromatic rings. The Morgan fingerprint density at radius 2 is 2.11 bits per heavy atom. The van der Waals surface area contributed by atoms with Crippen LogP contribution in [-0.2, 0) is 0 Å². The van der Waals surface area contributed by atoms with Gasteiger partial charge in [0, 0.05) is 5.69 Å². The first-order valence-electron chi connectivity index (χ1n) is 5.26. The van der Waals surface area contributed by atoms with Gasteiger partial charge in [0.1, 0.15) is 5.82 Å². The fraction of sp³-hybridized carbons (Fsp3) is 0.0769. The molecule has 1 aromatic heterocycles. The third-order valence-electron chi connectivity index (χ3n) is 2.36. The van der Waals surface area contributed by atoms with E-state index >= 15 is 0 Å². The molecule has 0 fully saturated rings.